The van der Waals surface area contributed by atoms with E-state index in [1.54, 1.807) is 0 Å². The summed E-state index contributed by atoms with van der Waals surface area (Å²) >= 11 is 1.40. The second kappa shape index (κ2) is 5.59. The maximum atomic E-state index is 12.2. The monoisotopic (exact) mass is 376 g/mol. The third-order valence-electron chi connectivity index (χ3n) is 1.85. The summed E-state index contributed by atoms with van der Waals surface area (Å²) in [6.07, 6.45) is -4.92. The van der Waals surface area contributed by atoms with Gasteiger partial charge in [0.05, 0.1) is 12.1 Å². The normalized spacial score (nSPS) is 11.2. The Morgan fingerprint density at radius 1 is 1.56 bits per heavy atom. The minimum absolute atomic E-state index is 0.226. The Morgan fingerprint density at radius 3 is 2.67 bits per heavy atom. The molecule has 1 heterocycles. The zero-order chi connectivity index (χ0) is 13.9. The molecule has 18 heavy (non-hydrogen) atoms. The quantitative estimate of drug-likeness (QED) is 0.483. The van der Waals surface area contributed by atoms with Gasteiger partial charge in [0.15, 0.2) is 5.43 Å². The first kappa shape index (κ1) is 14.8. The molecule has 0 unspecified atom stereocenters. The van der Waals surface area contributed by atoms with Crippen molar-refractivity contribution in [2.45, 2.75) is 19.8 Å². The molecular formula is C9H8F3IN2O3. The molecule has 9 heteroatoms. The van der Waals surface area contributed by atoms with Gasteiger partial charge in [-0.05, 0) is 6.92 Å². The fraction of sp³-hybridized carbons (Fsp3) is 0.333. The minimum atomic E-state index is -4.92. The average Bonchev–Trinajstić information content (AvgIpc) is 2.12. The van der Waals surface area contributed by atoms with Crippen molar-refractivity contribution < 1.29 is 22.7 Å². The van der Waals surface area contributed by atoms with E-state index in [0.29, 0.717) is 0 Å². The van der Waals surface area contributed by atoms with Crippen molar-refractivity contribution >= 4 is 26.5 Å². The standard InChI is InChI=1S/C9H8F3IN2O3/c1-4-2-6(16)5(3-14-8(13)17)7(15-4)18-9(10,11)12/h2H,3H2,1H3,(H,14,17)(H,15,16). The van der Waals surface area contributed by atoms with E-state index in [-0.39, 0.29) is 17.8 Å². The van der Waals surface area contributed by atoms with Gasteiger partial charge >= 0.3 is 6.36 Å². The lowest BCUT2D eigenvalue weighted by atomic mass is 10.2. The van der Waals surface area contributed by atoms with Crippen molar-refractivity contribution in [3.05, 3.63) is 27.5 Å². The van der Waals surface area contributed by atoms with Crippen LogP contribution in [0.15, 0.2) is 10.9 Å². The molecule has 0 spiro atoms. The van der Waals surface area contributed by atoms with Gasteiger partial charge in [0.2, 0.25) is 5.88 Å². The molecular weight excluding hydrogens is 368 g/mol. The zero-order valence-electron chi connectivity index (χ0n) is 9.02. The van der Waals surface area contributed by atoms with Crippen LogP contribution in [-0.2, 0) is 6.54 Å². The van der Waals surface area contributed by atoms with E-state index >= 15 is 0 Å². The predicted molar refractivity (Wildman–Crippen MR) is 64.7 cm³/mol. The summed E-state index contributed by atoms with van der Waals surface area (Å²) in [6, 6.07) is 1.12. The van der Waals surface area contributed by atoms with Crippen LogP contribution < -0.4 is 15.5 Å². The van der Waals surface area contributed by atoms with Crippen LogP contribution in [-0.4, -0.2) is 15.3 Å². The van der Waals surface area contributed by atoms with Crippen LogP contribution in [0, 0.1) is 6.92 Å². The van der Waals surface area contributed by atoms with Gasteiger partial charge < -0.3 is 15.0 Å². The maximum Gasteiger partial charge on any atom is 0.574 e. The number of hydrogen-bond acceptors (Lipinski definition) is 3. The van der Waals surface area contributed by atoms with E-state index < -0.39 is 21.6 Å². The molecule has 0 aliphatic heterocycles. The number of aryl methyl sites for hydroxylation is 1. The number of aromatic nitrogens is 1. The van der Waals surface area contributed by atoms with Crippen LogP contribution in [0.2, 0.25) is 0 Å². The third-order valence-corrected chi connectivity index (χ3v) is 2.23. The Balaban J connectivity index is 3.12. The molecule has 5 nitrogen and oxygen atoms in total. The summed E-state index contributed by atoms with van der Waals surface area (Å²) in [4.78, 5) is 24.5. The van der Waals surface area contributed by atoms with Gasteiger partial charge in [0, 0.05) is 34.4 Å². The highest BCUT2D eigenvalue weighted by Gasteiger charge is 2.33. The maximum absolute atomic E-state index is 12.2. The number of carbonyl (C=O) groups is 1. The van der Waals surface area contributed by atoms with E-state index in [1.807, 2.05) is 0 Å². The van der Waals surface area contributed by atoms with E-state index in [1.165, 1.54) is 29.5 Å². The smallest absolute Gasteiger partial charge is 0.389 e. The number of amides is 1. The first-order chi connectivity index (χ1) is 8.19. The van der Waals surface area contributed by atoms with Crippen LogP contribution in [0.4, 0.5) is 18.0 Å². The van der Waals surface area contributed by atoms with Crippen molar-refractivity contribution in [1.29, 1.82) is 0 Å². The largest absolute Gasteiger partial charge is 0.574 e. The third kappa shape index (κ3) is 4.55. The van der Waals surface area contributed by atoms with Gasteiger partial charge in [0.25, 0.3) is 3.91 Å². The van der Waals surface area contributed by atoms with Gasteiger partial charge in [-0.25, -0.2) is 0 Å². The van der Waals surface area contributed by atoms with Gasteiger partial charge in [-0.2, -0.15) is 0 Å². The summed E-state index contributed by atoms with van der Waals surface area (Å²) in [5, 5.41) is 2.23. The lowest BCUT2D eigenvalue weighted by molar-refractivity contribution is -0.276. The van der Waals surface area contributed by atoms with Gasteiger partial charge in [-0.15, -0.1) is 13.2 Å². The molecule has 0 saturated heterocycles. The number of hydrogen-bond donors (Lipinski definition) is 2. The molecule has 0 atom stereocenters. The average molecular weight is 376 g/mol. The summed E-state index contributed by atoms with van der Waals surface area (Å²) in [7, 11) is 0. The fourth-order valence-corrected chi connectivity index (χ4v) is 1.41. The second-order valence-electron chi connectivity index (χ2n) is 3.30. The van der Waals surface area contributed by atoms with Gasteiger partial charge in [0.1, 0.15) is 0 Å². The number of H-pyrrole nitrogens is 1. The lowest BCUT2D eigenvalue weighted by Gasteiger charge is -2.13. The number of ether oxygens (including phenoxy) is 1. The van der Waals surface area contributed by atoms with Crippen molar-refractivity contribution in [1.82, 2.24) is 10.3 Å². The Hall–Kier alpha value is -1.26. The van der Waals surface area contributed by atoms with Crippen LogP contribution >= 0.6 is 22.6 Å². The number of alkyl halides is 3. The highest BCUT2D eigenvalue weighted by molar-refractivity contribution is 14.1. The Kier molecular flexibility index (Phi) is 4.59. The van der Waals surface area contributed by atoms with E-state index in [4.69, 9.17) is 0 Å². The molecule has 2 N–H and O–H groups in total. The Bertz CT molecular complexity index is 513. The topological polar surface area (TPSA) is 71.2 Å². The van der Waals surface area contributed by atoms with Crippen LogP contribution in [0.25, 0.3) is 0 Å². The van der Waals surface area contributed by atoms with Crippen LogP contribution in [0.1, 0.15) is 11.3 Å². The van der Waals surface area contributed by atoms with Crippen LogP contribution in [0.5, 0.6) is 5.88 Å². The number of carbonyl (C=O) groups excluding carboxylic acids is 1. The molecule has 0 aliphatic rings. The fourth-order valence-electron chi connectivity index (χ4n) is 1.21. The number of nitrogens with one attached hydrogen (secondary N) is 2. The Morgan fingerprint density at radius 2 is 2.17 bits per heavy atom. The Labute approximate surface area is 113 Å². The molecule has 0 aliphatic carbocycles. The molecule has 100 valence electrons. The van der Waals surface area contributed by atoms with Crippen molar-refractivity contribution in [2.24, 2.45) is 0 Å². The number of pyridine rings is 1. The molecule has 0 saturated carbocycles. The van der Waals surface area contributed by atoms with E-state index in [9.17, 15) is 22.8 Å². The SMILES string of the molecule is Cc1cc(=O)c(CNC(=O)I)c(OC(F)(F)F)[nH]1. The number of aromatic amines is 1. The first-order valence-electron chi connectivity index (χ1n) is 4.61. The molecule has 0 radical (unpaired) electrons. The summed E-state index contributed by atoms with van der Waals surface area (Å²) in [5.74, 6) is -0.711. The predicted octanol–water partition coefficient (Wildman–Crippen LogP) is 2.23. The summed E-state index contributed by atoms with van der Waals surface area (Å²) in [5.41, 5.74) is -0.706. The molecule has 0 fully saturated rings. The molecule has 0 aromatic carbocycles. The molecule has 1 aromatic heterocycles. The molecule has 1 aromatic rings. The van der Waals surface area contributed by atoms with Crippen LogP contribution in [0.3, 0.4) is 0 Å². The first-order valence-corrected chi connectivity index (χ1v) is 5.69. The molecule has 0 bridgehead atoms. The van der Waals surface area contributed by atoms with E-state index in [2.05, 4.69) is 15.0 Å². The molecule has 1 rings (SSSR count). The zero-order valence-corrected chi connectivity index (χ0v) is 11.2. The van der Waals surface area contributed by atoms with Crippen molar-refractivity contribution in [3.63, 3.8) is 0 Å². The minimum Gasteiger partial charge on any atom is -0.389 e. The number of rotatable bonds is 3. The highest BCUT2D eigenvalue weighted by atomic mass is 127. The second-order valence-corrected chi connectivity index (χ2v) is 4.28. The van der Waals surface area contributed by atoms with Gasteiger partial charge in [-0.1, -0.05) is 0 Å². The van der Waals surface area contributed by atoms with E-state index in [0.717, 1.165) is 6.07 Å². The van der Waals surface area contributed by atoms with Gasteiger partial charge in [-0.3, -0.25) is 9.59 Å². The lowest BCUT2D eigenvalue weighted by Crippen LogP contribution is -2.26. The highest BCUT2D eigenvalue weighted by Crippen LogP contribution is 2.22. The number of halogens is 4. The van der Waals surface area contributed by atoms with Crippen molar-refractivity contribution in [2.75, 3.05) is 0 Å². The summed E-state index contributed by atoms with van der Waals surface area (Å²) in [6.45, 7) is 1.08. The molecule has 1 amide bonds. The van der Waals surface area contributed by atoms with Crippen molar-refractivity contribution in [3.8, 4) is 5.88 Å². The summed E-state index contributed by atoms with van der Waals surface area (Å²) < 4.78 is 39.7.